The van der Waals surface area contributed by atoms with Crippen LogP contribution in [-0.2, 0) is 37.5 Å². The quantitative estimate of drug-likeness (QED) is 0.206. The van der Waals surface area contributed by atoms with E-state index in [1.165, 1.54) is 16.7 Å². The van der Waals surface area contributed by atoms with Gasteiger partial charge in [-0.15, -0.1) is 0 Å². The molecule has 5 atom stereocenters. The molecule has 2 aromatic heterocycles. The lowest BCUT2D eigenvalue weighted by molar-refractivity contribution is -0.116. The summed E-state index contributed by atoms with van der Waals surface area (Å²) in [6.45, 7) is 4.31. The van der Waals surface area contributed by atoms with Crippen LogP contribution in [0, 0.1) is 18.8 Å². The molecule has 0 unspecified atom stereocenters. The second-order valence-electron chi connectivity index (χ2n) is 15.3. The lowest BCUT2D eigenvalue weighted by atomic mass is 9.68. The van der Waals surface area contributed by atoms with E-state index in [9.17, 15) is 13.8 Å². The zero-order chi connectivity index (χ0) is 35.9. The number of methoxy groups -OCH3 is 1. The van der Waals surface area contributed by atoms with Gasteiger partial charge in [0.05, 0.1) is 46.0 Å². The summed E-state index contributed by atoms with van der Waals surface area (Å²) >= 11 is 0. The Hall–Kier alpha value is -4.28. The number of anilines is 1. The molecule has 10 heteroatoms. The predicted octanol–water partition coefficient (Wildman–Crippen LogP) is 6.93. The van der Waals surface area contributed by atoms with Crippen molar-refractivity contribution in [2.24, 2.45) is 16.2 Å². The zero-order valence-electron chi connectivity index (χ0n) is 30.2. The Morgan fingerprint density at radius 1 is 1.12 bits per heavy atom. The first-order valence-corrected chi connectivity index (χ1v) is 20.6. The van der Waals surface area contributed by atoms with Crippen LogP contribution in [0.15, 0.2) is 83.5 Å². The van der Waals surface area contributed by atoms with Crippen molar-refractivity contribution >= 4 is 32.8 Å². The third-order valence-corrected chi connectivity index (χ3v) is 13.9. The standard InChI is InChI=1S/C42H48N4O5S/c1-29-12-16-36-30(21-29)9-8-18-42(36)27-46-24-32-13-15-35(32)38(50-2)10-4-3-7-20-52(49,44-41(48)31-14-17-39(51-28-42)37(46)22-31)26-34(47)23-33-25-45-19-6-5-11-40(45)43-33/h4-6,10-12,14,16-17,19,21-22,25,32,35,38H,3,7-9,13,15,18,20,23-24,26-28H2,1-2H3/b10-4+/t32-,35+,38-,42-,52+/m0/s1. The van der Waals surface area contributed by atoms with E-state index in [2.05, 4.69) is 51.5 Å². The molecule has 4 aliphatic rings. The minimum absolute atomic E-state index is 0.0179. The molecular weight excluding hydrogens is 673 g/mol. The third-order valence-electron chi connectivity index (χ3n) is 11.7. The molecule has 0 radical (unpaired) electrons. The highest BCUT2D eigenvalue weighted by atomic mass is 32.2. The number of aryl methyl sites for hydroxylation is 2. The van der Waals surface area contributed by atoms with Gasteiger partial charge in [0, 0.05) is 49.3 Å². The number of carbonyl (C=O) groups is 2. The number of ketones is 1. The van der Waals surface area contributed by atoms with Crippen molar-refractivity contribution in [2.75, 3.05) is 43.2 Å². The number of hydrogen-bond acceptors (Lipinski definition) is 7. The van der Waals surface area contributed by atoms with Gasteiger partial charge in [-0.25, -0.2) is 9.19 Å². The van der Waals surface area contributed by atoms with Gasteiger partial charge in [0.15, 0.2) is 5.78 Å². The summed E-state index contributed by atoms with van der Waals surface area (Å²) in [5.74, 6) is 0.576. The number of nitrogens with zero attached hydrogens (tertiary/aromatic N) is 4. The monoisotopic (exact) mass is 720 g/mol. The highest BCUT2D eigenvalue weighted by molar-refractivity contribution is 7.94. The van der Waals surface area contributed by atoms with E-state index in [-0.39, 0.29) is 35.2 Å². The van der Waals surface area contributed by atoms with E-state index in [0.29, 0.717) is 42.5 Å². The van der Waals surface area contributed by atoms with Crippen molar-refractivity contribution in [1.82, 2.24) is 9.38 Å². The number of imidazole rings is 1. The Labute approximate surface area is 306 Å². The summed E-state index contributed by atoms with van der Waals surface area (Å²) in [5, 5.41) is 0. The van der Waals surface area contributed by atoms with E-state index >= 15 is 0 Å². The fraction of sp³-hybridized carbons (Fsp3) is 0.452. The number of pyridine rings is 1. The van der Waals surface area contributed by atoms with Crippen LogP contribution in [-0.4, -0.2) is 69.7 Å². The minimum atomic E-state index is -3.21. The molecule has 1 saturated carbocycles. The van der Waals surface area contributed by atoms with Gasteiger partial charge in [0.2, 0.25) is 0 Å². The average molecular weight is 721 g/mol. The van der Waals surface area contributed by atoms with Crippen molar-refractivity contribution in [1.29, 1.82) is 0 Å². The van der Waals surface area contributed by atoms with E-state index < -0.39 is 15.6 Å². The SMILES string of the molecule is CO[C@H]1/C=C/CCC[S@@](=O)(CC(=O)Cc2cn3ccccc3n2)=NC(=O)c2ccc3c(c2)N(C[C@@H]2CC[C@H]21)C[C@@]1(CCCc2cc(C)ccc21)CO3. The average Bonchev–Trinajstić information content (AvgIpc) is 3.45. The Balaban J connectivity index is 1.15. The van der Waals surface area contributed by atoms with Crippen LogP contribution in [0.2, 0.25) is 0 Å². The Kier molecular flexibility index (Phi) is 9.55. The Bertz CT molecular complexity index is 2130. The third kappa shape index (κ3) is 6.95. The van der Waals surface area contributed by atoms with Gasteiger partial charge in [-0.05, 0) is 105 Å². The number of fused-ring (bicyclic) bond motifs is 5. The van der Waals surface area contributed by atoms with Gasteiger partial charge in [0.25, 0.3) is 5.91 Å². The number of benzene rings is 2. The van der Waals surface area contributed by atoms with Crippen molar-refractivity contribution in [3.05, 3.63) is 107 Å². The summed E-state index contributed by atoms with van der Waals surface area (Å²) < 4.78 is 33.5. The number of allylic oxidation sites excluding steroid dienone is 1. The lowest BCUT2D eigenvalue weighted by Gasteiger charge is -2.46. The van der Waals surface area contributed by atoms with Crippen LogP contribution in [0.25, 0.3) is 5.65 Å². The summed E-state index contributed by atoms with van der Waals surface area (Å²) in [4.78, 5) is 34.4. The molecule has 0 saturated heterocycles. The van der Waals surface area contributed by atoms with Gasteiger partial charge in [0.1, 0.15) is 11.4 Å². The van der Waals surface area contributed by atoms with Gasteiger partial charge in [-0.2, -0.15) is 4.36 Å². The minimum Gasteiger partial charge on any atom is -0.490 e. The second kappa shape index (κ2) is 14.3. The molecule has 2 bridgehead atoms. The predicted molar refractivity (Wildman–Crippen MR) is 204 cm³/mol. The summed E-state index contributed by atoms with van der Waals surface area (Å²) in [6.07, 6.45) is 14.5. The first kappa shape index (κ1) is 34.8. The maximum Gasteiger partial charge on any atom is 0.285 e. The number of Topliss-reactive ketones (excluding diaryl/α,β-unsaturated/α-hetero) is 1. The number of hydrogen-bond donors (Lipinski definition) is 0. The molecule has 1 spiro atoms. The van der Waals surface area contributed by atoms with Crippen molar-refractivity contribution in [2.45, 2.75) is 69.8 Å². The van der Waals surface area contributed by atoms with Crippen LogP contribution in [0.1, 0.15) is 71.3 Å². The Morgan fingerprint density at radius 3 is 2.85 bits per heavy atom. The van der Waals surface area contributed by atoms with Gasteiger partial charge in [-0.1, -0.05) is 42.0 Å². The summed E-state index contributed by atoms with van der Waals surface area (Å²) in [6, 6.07) is 18.0. The topological polar surface area (TPSA) is 103 Å². The zero-order valence-corrected chi connectivity index (χ0v) is 31.0. The maximum atomic E-state index is 14.5. The number of rotatable bonds is 5. The first-order chi connectivity index (χ1) is 25.2. The molecular formula is C42H48N4O5S. The molecule has 8 rings (SSSR count). The van der Waals surface area contributed by atoms with Crippen LogP contribution in [0.4, 0.5) is 5.69 Å². The summed E-state index contributed by atoms with van der Waals surface area (Å²) in [7, 11) is -1.43. The van der Waals surface area contributed by atoms with E-state index in [1.807, 2.05) is 47.1 Å². The highest BCUT2D eigenvalue weighted by Gasteiger charge is 2.44. The molecule has 2 aliphatic carbocycles. The Morgan fingerprint density at radius 2 is 2.02 bits per heavy atom. The number of amides is 1. The van der Waals surface area contributed by atoms with Crippen LogP contribution in [0.3, 0.4) is 0 Å². The lowest BCUT2D eigenvalue weighted by Crippen LogP contribution is -2.49. The smallest absolute Gasteiger partial charge is 0.285 e. The largest absolute Gasteiger partial charge is 0.490 e. The van der Waals surface area contributed by atoms with Crippen LogP contribution < -0.4 is 9.64 Å². The molecule has 272 valence electrons. The fourth-order valence-electron chi connectivity index (χ4n) is 8.93. The highest BCUT2D eigenvalue weighted by Crippen LogP contribution is 2.47. The second-order valence-corrected chi connectivity index (χ2v) is 17.8. The number of carbonyl (C=O) groups excluding carboxylic acids is 2. The molecule has 9 nitrogen and oxygen atoms in total. The van der Waals surface area contributed by atoms with Gasteiger partial charge < -0.3 is 18.8 Å². The summed E-state index contributed by atoms with van der Waals surface area (Å²) in [5.41, 5.74) is 6.42. The molecule has 1 amide bonds. The molecule has 1 fully saturated rings. The first-order valence-electron chi connectivity index (χ1n) is 18.7. The van der Waals surface area contributed by atoms with Gasteiger partial charge >= 0.3 is 0 Å². The molecule has 4 heterocycles. The van der Waals surface area contributed by atoms with Crippen LogP contribution in [0.5, 0.6) is 5.75 Å². The number of ether oxygens (including phenoxy) is 2. The van der Waals surface area contributed by atoms with E-state index in [1.54, 1.807) is 13.2 Å². The fourth-order valence-corrected chi connectivity index (χ4v) is 10.9. The molecule has 0 N–H and O–H groups in total. The van der Waals surface area contributed by atoms with E-state index in [0.717, 1.165) is 62.3 Å². The number of aromatic nitrogens is 2. The molecule has 52 heavy (non-hydrogen) atoms. The molecule has 2 aromatic carbocycles. The van der Waals surface area contributed by atoms with Crippen molar-refractivity contribution in [3.63, 3.8) is 0 Å². The normalized spacial score (nSPS) is 28.2. The van der Waals surface area contributed by atoms with E-state index in [4.69, 9.17) is 9.47 Å². The maximum absolute atomic E-state index is 14.5. The molecule has 4 aromatic rings. The van der Waals surface area contributed by atoms with Crippen molar-refractivity contribution in [3.8, 4) is 5.75 Å². The van der Waals surface area contributed by atoms with Gasteiger partial charge in [-0.3, -0.25) is 9.59 Å². The van der Waals surface area contributed by atoms with Crippen LogP contribution >= 0.6 is 0 Å². The van der Waals surface area contributed by atoms with Crippen molar-refractivity contribution < 1.29 is 23.3 Å². The molecule has 2 aliphatic heterocycles.